The minimum atomic E-state index is -1.45. The van der Waals surface area contributed by atoms with Crippen LogP contribution >= 0.6 is 0 Å². The second-order valence-corrected chi connectivity index (χ2v) is 7.31. The summed E-state index contributed by atoms with van der Waals surface area (Å²) in [5.74, 6) is 0.245. The van der Waals surface area contributed by atoms with E-state index in [4.69, 9.17) is 19.3 Å². The summed E-state index contributed by atoms with van der Waals surface area (Å²) in [6.45, 7) is 1.04. The number of aliphatic hydroxyl groups is 5. The van der Waals surface area contributed by atoms with Crippen LogP contribution in [0, 0.1) is 5.92 Å². The number of aliphatic hydroxyl groups excluding tert-OH is 5. The maximum Gasteiger partial charge on any atom is 0.186 e. The van der Waals surface area contributed by atoms with Gasteiger partial charge in [-0.2, -0.15) is 0 Å². The first kappa shape index (κ1) is 21.5. The third kappa shape index (κ3) is 5.24. The van der Waals surface area contributed by atoms with Gasteiger partial charge in [-0.15, -0.1) is 5.10 Å². The van der Waals surface area contributed by atoms with Crippen LogP contribution in [0.25, 0.3) is 0 Å². The first-order valence-corrected chi connectivity index (χ1v) is 9.56. The molecule has 0 spiro atoms. The SMILES string of the molecule is OCC1OC(OCCCOCc2cn(CC3CCC3O)nn2)C(O)C(O)C1O. The van der Waals surface area contributed by atoms with Crippen LogP contribution in [0.3, 0.4) is 0 Å². The fraction of sp³-hybridized carbons (Fsp3) is 0.882. The van der Waals surface area contributed by atoms with Gasteiger partial charge in [0.25, 0.3) is 0 Å². The van der Waals surface area contributed by atoms with Gasteiger partial charge in [-0.3, -0.25) is 4.68 Å². The van der Waals surface area contributed by atoms with Crippen molar-refractivity contribution in [2.75, 3.05) is 19.8 Å². The number of rotatable bonds is 10. The van der Waals surface area contributed by atoms with Crippen LogP contribution in [-0.4, -0.2) is 97.2 Å². The summed E-state index contributed by atoms with van der Waals surface area (Å²) < 4.78 is 17.9. The van der Waals surface area contributed by atoms with E-state index in [9.17, 15) is 20.4 Å². The Balaban J connectivity index is 1.29. The Morgan fingerprint density at radius 1 is 1.11 bits per heavy atom. The lowest BCUT2D eigenvalue weighted by Crippen LogP contribution is -2.59. The van der Waals surface area contributed by atoms with Crippen molar-refractivity contribution in [1.82, 2.24) is 15.0 Å². The summed E-state index contributed by atoms with van der Waals surface area (Å²) in [6.07, 6.45) is -2.44. The Kier molecular flexibility index (Phi) is 7.71. The Labute approximate surface area is 162 Å². The van der Waals surface area contributed by atoms with Crippen molar-refractivity contribution in [2.45, 2.75) is 69.2 Å². The van der Waals surface area contributed by atoms with Crippen LogP contribution in [0.4, 0.5) is 0 Å². The highest BCUT2D eigenvalue weighted by Crippen LogP contribution is 2.28. The van der Waals surface area contributed by atoms with Crippen molar-refractivity contribution in [2.24, 2.45) is 5.92 Å². The predicted molar refractivity (Wildman–Crippen MR) is 92.7 cm³/mol. The van der Waals surface area contributed by atoms with Gasteiger partial charge in [0.05, 0.1) is 32.1 Å². The molecular formula is C17H29N3O8. The van der Waals surface area contributed by atoms with E-state index in [0.717, 1.165) is 12.8 Å². The smallest absolute Gasteiger partial charge is 0.186 e. The highest BCUT2D eigenvalue weighted by molar-refractivity contribution is 4.91. The number of hydrogen-bond donors (Lipinski definition) is 5. The quantitative estimate of drug-likeness (QED) is 0.271. The van der Waals surface area contributed by atoms with E-state index in [-0.39, 0.29) is 18.6 Å². The number of aromatic nitrogens is 3. The summed E-state index contributed by atoms with van der Waals surface area (Å²) in [7, 11) is 0. The van der Waals surface area contributed by atoms with E-state index in [0.29, 0.717) is 31.9 Å². The summed E-state index contributed by atoms with van der Waals surface area (Å²) in [4.78, 5) is 0. The molecule has 1 saturated carbocycles. The van der Waals surface area contributed by atoms with Gasteiger partial charge in [0.1, 0.15) is 30.1 Å². The van der Waals surface area contributed by atoms with E-state index >= 15 is 0 Å². The molecule has 7 atom stereocenters. The van der Waals surface area contributed by atoms with Crippen molar-refractivity contribution < 1.29 is 39.7 Å². The van der Waals surface area contributed by atoms with Gasteiger partial charge in [0.15, 0.2) is 6.29 Å². The molecule has 2 heterocycles. The molecule has 1 aliphatic heterocycles. The molecule has 0 aromatic carbocycles. The molecule has 160 valence electrons. The van der Waals surface area contributed by atoms with E-state index in [1.54, 1.807) is 10.9 Å². The van der Waals surface area contributed by atoms with E-state index in [2.05, 4.69) is 10.3 Å². The van der Waals surface area contributed by atoms with Crippen molar-refractivity contribution in [1.29, 1.82) is 0 Å². The molecule has 1 aromatic rings. The van der Waals surface area contributed by atoms with E-state index in [1.165, 1.54) is 0 Å². The zero-order chi connectivity index (χ0) is 20.1. The average Bonchev–Trinajstić information content (AvgIpc) is 3.15. The second kappa shape index (κ2) is 10.0. The molecule has 0 bridgehead atoms. The first-order chi connectivity index (χ1) is 13.5. The van der Waals surface area contributed by atoms with Crippen LogP contribution in [0.1, 0.15) is 25.0 Å². The minimum absolute atomic E-state index is 0.203. The maximum atomic E-state index is 9.87. The van der Waals surface area contributed by atoms with Crippen LogP contribution in [0.2, 0.25) is 0 Å². The molecule has 28 heavy (non-hydrogen) atoms. The fourth-order valence-corrected chi connectivity index (χ4v) is 3.24. The van der Waals surface area contributed by atoms with Gasteiger partial charge >= 0.3 is 0 Å². The van der Waals surface area contributed by atoms with Crippen molar-refractivity contribution in [3.8, 4) is 0 Å². The maximum absolute atomic E-state index is 9.87. The lowest BCUT2D eigenvalue weighted by Gasteiger charge is -2.39. The van der Waals surface area contributed by atoms with Gasteiger partial charge in [0, 0.05) is 19.1 Å². The second-order valence-electron chi connectivity index (χ2n) is 7.31. The molecule has 7 unspecified atom stereocenters. The number of hydrogen-bond acceptors (Lipinski definition) is 10. The lowest BCUT2D eigenvalue weighted by atomic mass is 9.82. The van der Waals surface area contributed by atoms with Gasteiger partial charge < -0.3 is 39.7 Å². The number of nitrogens with zero attached hydrogens (tertiary/aromatic N) is 3. The minimum Gasteiger partial charge on any atom is -0.394 e. The molecule has 2 aliphatic rings. The Hall–Kier alpha value is -1.18. The van der Waals surface area contributed by atoms with Crippen LogP contribution in [0.5, 0.6) is 0 Å². The van der Waals surface area contributed by atoms with Crippen molar-refractivity contribution >= 4 is 0 Å². The standard InChI is InChI=1S/C17H29N3O8/c21-8-13-14(23)15(24)16(25)17(28-13)27-5-1-4-26-9-11-7-20(19-18-11)6-10-2-3-12(10)22/h7,10,12-17,21-25H,1-6,8-9H2. The topological polar surface area (TPSA) is 160 Å². The Morgan fingerprint density at radius 3 is 2.61 bits per heavy atom. The molecule has 0 radical (unpaired) electrons. The zero-order valence-electron chi connectivity index (χ0n) is 15.6. The summed E-state index contributed by atoms with van der Waals surface area (Å²) >= 11 is 0. The largest absolute Gasteiger partial charge is 0.394 e. The van der Waals surface area contributed by atoms with Crippen LogP contribution in [0.15, 0.2) is 6.20 Å². The summed E-state index contributed by atoms with van der Waals surface area (Å²) in [5, 5.41) is 56.1. The molecule has 0 amide bonds. The van der Waals surface area contributed by atoms with Crippen molar-refractivity contribution in [3.05, 3.63) is 11.9 Å². The van der Waals surface area contributed by atoms with Crippen LogP contribution in [-0.2, 0) is 27.4 Å². The van der Waals surface area contributed by atoms with Gasteiger partial charge in [0.2, 0.25) is 0 Å². The third-order valence-corrected chi connectivity index (χ3v) is 5.20. The van der Waals surface area contributed by atoms with Crippen molar-refractivity contribution in [3.63, 3.8) is 0 Å². The van der Waals surface area contributed by atoms with Gasteiger partial charge in [-0.1, -0.05) is 5.21 Å². The first-order valence-electron chi connectivity index (χ1n) is 9.56. The predicted octanol–water partition coefficient (Wildman–Crippen LogP) is -2.23. The third-order valence-electron chi connectivity index (χ3n) is 5.20. The Morgan fingerprint density at radius 2 is 1.93 bits per heavy atom. The molecular weight excluding hydrogens is 374 g/mol. The molecule has 1 aliphatic carbocycles. The fourth-order valence-electron chi connectivity index (χ4n) is 3.24. The monoisotopic (exact) mass is 403 g/mol. The van der Waals surface area contributed by atoms with E-state index in [1.807, 2.05) is 0 Å². The average molecular weight is 403 g/mol. The molecule has 2 fully saturated rings. The zero-order valence-corrected chi connectivity index (χ0v) is 15.6. The molecule has 11 heteroatoms. The molecule has 5 N–H and O–H groups in total. The summed E-state index contributed by atoms with van der Waals surface area (Å²) in [5.41, 5.74) is 0.698. The molecule has 1 saturated heterocycles. The van der Waals surface area contributed by atoms with Gasteiger partial charge in [-0.05, 0) is 19.3 Å². The van der Waals surface area contributed by atoms with E-state index < -0.39 is 37.3 Å². The highest BCUT2D eigenvalue weighted by Gasteiger charge is 2.43. The number of ether oxygens (including phenoxy) is 3. The Bertz CT molecular complexity index is 601. The van der Waals surface area contributed by atoms with Crippen LogP contribution < -0.4 is 0 Å². The lowest BCUT2D eigenvalue weighted by molar-refractivity contribution is -0.301. The molecule has 3 rings (SSSR count). The highest BCUT2D eigenvalue weighted by atomic mass is 16.7. The molecule has 11 nitrogen and oxygen atoms in total. The summed E-state index contributed by atoms with van der Waals surface area (Å²) in [6, 6.07) is 0. The van der Waals surface area contributed by atoms with Gasteiger partial charge in [-0.25, -0.2) is 0 Å². The molecule has 1 aromatic heterocycles. The normalized spacial score (nSPS) is 35.7.